The lowest BCUT2D eigenvalue weighted by Crippen LogP contribution is -2.07. The van der Waals surface area contributed by atoms with Gasteiger partial charge < -0.3 is 0 Å². The molecular weight excluding hydrogens is 243 g/mol. The van der Waals surface area contributed by atoms with Gasteiger partial charge in [0.2, 0.25) is 0 Å². The quantitative estimate of drug-likeness (QED) is 0.781. The van der Waals surface area contributed by atoms with Crippen LogP contribution in [-0.4, -0.2) is 9.78 Å². The summed E-state index contributed by atoms with van der Waals surface area (Å²) in [5.74, 6) is 0. The van der Waals surface area contributed by atoms with Gasteiger partial charge in [-0.25, -0.2) is 4.68 Å². The normalized spacial score (nSPS) is 11.3. The zero-order chi connectivity index (χ0) is 13.3. The summed E-state index contributed by atoms with van der Waals surface area (Å²) in [5, 5.41) is 12.2. The molecule has 0 spiro atoms. The third-order valence-electron chi connectivity index (χ3n) is 2.42. The summed E-state index contributed by atoms with van der Waals surface area (Å²) >= 11 is 0. The number of aryl methyl sites for hydroxylation is 1. The van der Waals surface area contributed by atoms with Crippen molar-refractivity contribution in [2.45, 2.75) is 13.1 Å². The van der Waals surface area contributed by atoms with E-state index in [0.717, 1.165) is 6.07 Å². The first-order valence-electron chi connectivity index (χ1n) is 5.06. The Morgan fingerprint density at radius 1 is 1.22 bits per heavy atom. The molecule has 1 aromatic carbocycles. The Hall–Kier alpha value is -2.29. The van der Waals surface area contributed by atoms with Crippen molar-refractivity contribution in [2.75, 3.05) is 0 Å². The average Bonchev–Trinajstić information content (AvgIpc) is 2.71. The Labute approximate surface area is 101 Å². The third-order valence-corrected chi connectivity index (χ3v) is 2.42. The molecule has 0 aliphatic carbocycles. The smallest absolute Gasteiger partial charge is 0.238 e. The molecule has 0 unspecified atom stereocenters. The highest BCUT2D eigenvalue weighted by atomic mass is 19.4. The number of alkyl halides is 3. The molecule has 2 rings (SSSR count). The SMILES string of the molecule is Cc1cc(C(F)(F)F)nn1-c1ccc(C#N)cc1. The van der Waals surface area contributed by atoms with Crippen LogP contribution in [0.2, 0.25) is 0 Å². The van der Waals surface area contributed by atoms with E-state index in [-0.39, 0.29) is 0 Å². The molecule has 1 heterocycles. The van der Waals surface area contributed by atoms with Crippen molar-refractivity contribution in [1.82, 2.24) is 9.78 Å². The summed E-state index contributed by atoms with van der Waals surface area (Å²) in [6.07, 6.45) is -4.46. The Balaban J connectivity index is 2.45. The summed E-state index contributed by atoms with van der Waals surface area (Å²) in [7, 11) is 0. The van der Waals surface area contributed by atoms with E-state index in [9.17, 15) is 13.2 Å². The number of aromatic nitrogens is 2. The largest absolute Gasteiger partial charge is 0.435 e. The predicted octanol–water partition coefficient (Wildman–Crippen LogP) is 3.07. The molecular formula is C12H8F3N3. The van der Waals surface area contributed by atoms with E-state index >= 15 is 0 Å². The molecule has 3 nitrogen and oxygen atoms in total. The molecule has 0 radical (unpaired) electrons. The van der Waals surface area contributed by atoms with E-state index in [1.165, 1.54) is 16.8 Å². The average molecular weight is 251 g/mol. The maximum atomic E-state index is 12.5. The molecule has 6 heteroatoms. The first-order valence-corrected chi connectivity index (χ1v) is 5.06. The molecule has 0 bridgehead atoms. The van der Waals surface area contributed by atoms with Crippen molar-refractivity contribution in [1.29, 1.82) is 5.26 Å². The predicted molar refractivity (Wildman–Crippen MR) is 58.0 cm³/mol. The van der Waals surface area contributed by atoms with Gasteiger partial charge in [-0.3, -0.25) is 0 Å². The zero-order valence-corrected chi connectivity index (χ0v) is 9.36. The highest BCUT2D eigenvalue weighted by molar-refractivity contribution is 5.40. The number of halogens is 3. The van der Waals surface area contributed by atoms with Crippen molar-refractivity contribution in [3.8, 4) is 11.8 Å². The van der Waals surface area contributed by atoms with Gasteiger partial charge in [0.05, 0.1) is 17.3 Å². The molecule has 18 heavy (non-hydrogen) atoms. The Kier molecular flexibility index (Phi) is 2.83. The monoisotopic (exact) mass is 251 g/mol. The number of nitrogens with zero attached hydrogens (tertiary/aromatic N) is 3. The van der Waals surface area contributed by atoms with Crippen LogP contribution in [-0.2, 0) is 6.18 Å². The highest BCUT2D eigenvalue weighted by Gasteiger charge is 2.34. The molecule has 0 aliphatic rings. The van der Waals surface area contributed by atoms with Crippen LogP contribution in [0.1, 0.15) is 17.0 Å². The van der Waals surface area contributed by atoms with Crippen LogP contribution in [0.5, 0.6) is 0 Å². The van der Waals surface area contributed by atoms with Gasteiger partial charge in [-0.05, 0) is 37.3 Å². The minimum absolute atomic E-state index is 0.382. The first kappa shape index (κ1) is 12.2. The number of benzene rings is 1. The topological polar surface area (TPSA) is 41.6 Å². The maximum Gasteiger partial charge on any atom is 0.435 e. The fourth-order valence-electron chi connectivity index (χ4n) is 1.55. The Bertz CT molecular complexity index is 603. The molecule has 1 aromatic heterocycles. The first-order chi connectivity index (χ1) is 8.41. The van der Waals surface area contributed by atoms with Crippen LogP contribution in [0, 0.1) is 18.3 Å². The Morgan fingerprint density at radius 2 is 1.83 bits per heavy atom. The van der Waals surface area contributed by atoms with Gasteiger partial charge >= 0.3 is 6.18 Å². The Morgan fingerprint density at radius 3 is 2.28 bits per heavy atom. The van der Waals surface area contributed by atoms with Crippen LogP contribution < -0.4 is 0 Å². The van der Waals surface area contributed by atoms with E-state index in [0.29, 0.717) is 16.9 Å². The van der Waals surface area contributed by atoms with Crippen molar-refractivity contribution in [3.05, 3.63) is 47.3 Å². The lowest BCUT2D eigenvalue weighted by Gasteiger charge is -2.04. The minimum atomic E-state index is -4.46. The molecule has 0 amide bonds. The standard InChI is InChI=1S/C12H8F3N3/c1-8-6-11(12(13,14)15)17-18(8)10-4-2-9(7-16)3-5-10/h2-6H,1H3. The molecule has 0 N–H and O–H groups in total. The van der Waals surface area contributed by atoms with E-state index in [1.54, 1.807) is 19.1 Å². The minimum Gasteiger partial charge on any atom is -0.238 e. The summed E-state index contributed by atoms with van der Waals surface area (Å²) in [5.41, 5.74) is 0.387. The molecule has 0 fully saturated rings. The lowest BCUT2D eigenvalue weighted by atomic mass is 10.2. The summed E-state index contributed by atoms with van der Waals surface area (Å²) < 4.78 is 38.7. The van der Waals surface area contributed by atoms with E-state index < -0.39 is 11.9 Å². The molecule has 2 aromatic rings. The van der Waals surface area contributed by atoms with Crippen LogP contribution in [0.15, 0.2) is 30.3 Å². The zero-order valence-electron chi connectivity index (χ0n) is 9.36. The van der Waals surface area contributed by atoms with E-state index in [1.807, 2.05) is 6.07 Å². The molecule has 0 atom stereocenters. The van der Waals surface area contributed by atoms with Crippen molar-refractivity contribution in [3.63, 3.8) is 0 Å². The lowest BCUT2D eigenvalue weighted by molar-refractivity contribution is -0.141. The van der Waals surface area contributed by atoms with Gasteiger partial charge in [0.1, 0.15) is 0 Å². The second-order valence-electron chi connectivity index (χ2n) is 3.74. The fraction of sp³-hybridized carbons (Fsp3) is 0.167. The second-order valence-corrected chi connectivity index (χ2v) is 3.74. The summed E-state index contributed by atoms with van der Waals surface area (Å²) in [6, 6.07) is 9.10. The van der Waals surface area contributed by atoms with Gasteiger partial charge in [-0.15, -0.1) is 0 Å². The molecule has 0 saturated heterocycles. The molecule has 0 saturated carbocycles. The van der Waals surface area contributed by atoms with E-state index in [4.69, 9.17) is 5.26 Å². The number of nitriles is 1. The maximum absolute atomic E-state index is 12.5. The third kappa shape index (κ3) is 2.20. The van der Waals surface area contributed by atoms with Crippen molar-refractivity contribution < 1.29 is 13.2 Å². The van der Waals surface area contributed by atoms with Crippen LogP contribution in [0.4, 0.5) is 13.2 Å². The number of hydrogen-bond acceptors (Lipinski definition) is 2. The van der Waals surface area contributed by atoms with Crippen LogP contribution in [0.25, 0.3) is 5.69 Å². The summed E-state index contributed by atoms with van der Waals surface area (Å²) in [6.45, 7) is 1.54. The van der Waals surface area contributed by atoms with Crippen LogP contribution in [0.3, 0.4) is 0 Å². The molecule has 92 valence electrons. The number of rotatable bonds is 1. The van der Waals surface area contributed by atoms with Gasteiger partial charge in [-0.2, -0.15) is 23.5 Å². The van der Waals surface area contributed by atoms with Gasteiger partial charge in [-0.1, -0.05) is 0 Å². The number of hydrogen-bond donors (Lipinski definition) is 0. The highest BCUT2D eigenvalue weighted by Crippen LogP contribution is 2.29. The summed E-state index contributed by atoms with van der Waals surface area (Å²) in [4.78, 5) is 0. The van der Waals surface area contributed by atoms with E-state index in [2.05, 4.69) is 5.10 Å². The second kappa shape index (κ2) is 4.18. The van der Waals surface area contributed by atoms with Crippen molar-refractivity contribution >= 4 is 0 Å². The van der Waals surface area contributed by atoms with Gasteiger partial charge in [0.15, 0.2) is 5.69 Å². The van der Waals surface area contributed by atoms with Gasteiger partial charge in [0, 0.05) is 5.69 Å². The van der Waals surface area contributed by atoms with Crippen molar-refractivity contribution in [2.24, 2.45) is 0 Å². The molecule has 0 aliphatic heterocycles. The van der Waals surface area contributed by atoms with Crippen LogP contribution >= 0.6 is 0 Å². The van der Waals surface area contributed by atoms with Gasteiger partial charge in [0.25, 0.3) is 0 Å². The fourth-order valence-corrected chi connectivity index (χ4v) is 1.55.